The Hall–Kier alpha value is -2.77. The Morgan fingerprint density at radius 2 is 2.00 bits per heavy atom. The first kappa shape index (κ1) is 18.0. The molecule has 132 valence electrons. The fourth-order valence-electron chi connectivity index (χ4n) is 2.25. The summed E-state index contributed by atoms with van der Waals surface area (Å²) in [5.41, 5.74) is 1.69. The number of rotatable bonds is 6. The van der Waals surface area contributed by atoms with Gasteiger partial charge in [0.05, 0.1) is 6.61 Å². The average Bonchev–Trinajstić information content (AvgIpc) is 3.15. The van der Waals surface area contributed by atoms with Gasteiger partial charge in [0, 0.05) is 23.6 Å². The van der Waals surface area contributed by atoms with Gasteiger partial charge in [-0.3, -0.25) is 10.1 Å². The van der Waals surface area contributed by atoms with Crippen LogP contribution in [-0.4, -0.2) is 22.6 Å². The van der Waals surface area contributed by atoms with Crippen LogP contribution in [0, 0.1) is 0 Å². The molecule has 0 atom stereocenters. The monoisotopic (exact) mass is 383 g/mol. The van der Waals surface area contributed by atoms with Crippen molar-refractivity contribution in [1.29, 1.82) is 0 Å². The Kier molecular flexibility index (Phi) is 6.29. The standard InChI is InChI=1S/C19H17N3O2S2/c23-17(21-18(25)22-19-20-10-12-26-19)15-7-4-8-16(13-15)24-11-9-14-5-2-1-3-6-14/h1-8,10,12-13H,9,11H2,(H2,20,21,22,23,25). The second kappa shape index (κ2) is 9.07. The lowest BCUT2D eigenvalue weighted by Crippen LogP contribution is -2.34. The molecule has 0 saturated carbocycles. The molecule has 0 fully saturated rings. The highest BCUT2D eigenvalue weighted by Gasteiger charge is 2.10. The van der Waals surface area contributed by atoms with Crippen LogP contribution in [0.4, 0.5) is 5.13 Å². The highest BCUT2D eigenvalue weighted by Crippen LogP contribution is 2.14. The van der Waals surface area contributed by atoms with Crippen LogP contribution in [0.15, 0.2) is 66.2 Å². The van der Waals surface area contributed by atoms with Crippen molar-refractivity contribution in [2.24, 2.45) is 0 Å². The topological polar surface area (TPSA) is 63.2 Å². The van der Waals surface area contributed by atoms with Crippen molar-refractivity contribution in [2.75, 3.05) is 11.9 Å². The van der Waals surface area contributed by atoms with Crippen LogP contribution in [0.3, 0.4) is 0 Å². The van der Waals surface area contributed by atoms with Crippen LogP contribution in [0.25, 0.3) is 0 Å². The van der Waals surface area contributed by atoms with Crippen molar-refractivity contribution >= 4 is 39.7 Å². The summed E-state index contributed by atoms with van der Waals surface area (Å²) in [4.78, 5) is 16.4. The molecule has 0 bridgehead atoms. The zero-order chi connectivity index (χ0) is 18.2. The summed E-state index contributed by atoms with van der Waals surface area (Å²) in [6.07, 6.45) is 2.47. The molecule has 0 unspecified atom stereocenters. The van der Waals surface area contributed by atoms with Crippen LogP contribution < -0.4 is 15.4 Å². The number of carbonyl (C=O) groups is 1. The zero-order valence-electron chi connectivity index (χ0n) is 13.8. The first-order valence-corrected chi connectivity index (χ1v) is 9.28. The molecule has 1 aromatic heterocycles. The van der Waals surface area contributed by atoms with E-state index in [-0.39, 0.29) is 11.0 Å². The molecule has 0 aliphatic carbocycles. The minimum absolute atomic E-state index is 0.209. The van der Waals surface area contributed by atoms with Gasteiger partial charge in [-0.2, -0.15) is 0 Å². The van der Waals surface area contributed by atoms with Crippen LogP contribution in [0.1, 0.15) is 15.9 Å². The number of anilines is 1. The lowest BCUT2D eigenvalue weighted by Gasteiger charge is -2.10. The van der Waals surface area contributed by atoms with E-state index in [0.29, 0.717) is 23.1 Å². The summed E-state index contributed by atoms with van der Waals surface area (Å²) in [5.74, 6) is 0.347. The third-order valence-corrected chi connectivity index (χ3v) is 4.37. The highest BCUT2D eigenvalue weighted by molar-refractivity contribution is 7.80. The lowest BCUT2D eigenvalue weighted by molar-refractivity contribution is 0.0977. The van der Waals surface area contributed by atoms with E-state index < -0.39 is 0 Å². The molecule has 0 saturated heterocycles. The molecule has 2 N–H and O–H groups in total. The Morgan fingerprint density at radius 3 is 2.77 bits per heavy atom. The first-order valence-electron chi connectivity index (χ1n) is 7.99. The number of ether oxygens (including phenoxy) is 1. The fraction of sp³-hybridized carbons (Fsp3) is 0.105. The van der Waals surface area contributed by atoms with Crippen LogP contribution in [0.2, 0.25) is 0 Å². The zero-order valence-corrected chi connectivity index (χ0v) is 15.5. The van der Waals surface area contributed by atoms with Crippen molar-refractivity contribution in [3.63, 3.8) is 0 Å². The number of hydrogen-bond acceptors (Lipinski definition) is 5. The van der Waals surface area contributed by atoms with E-state index in [9.17, 15) is 4.79 Å². The summed E-state index contributed by atoms with van der Waals surface area (Å²) >= 11 is 6.53. The Bertz CT molecular complexity index is 868. The normalized spacial score (nSPS) is 10.2. The molecular formula is C19H17N3O2S2. The van der Waals surface area contributed by atoms with Crippen LogP contribution >= 0.6 is 23.6 Å². The molecule has 1 heterocycles. The summed E-state index contributed by atoms with van der Waals surface area (Å²) in [5, 5.41) is 8.17. The number of carbonyl (C=O) groups excluding carboxylic acids is 1. The molecule has 0 aliphatic rings. The molecule has 0 aliphatic heterocycles. The van der Waals surface area contributed by atoms with Gasteiger partial charge >= 0.3 is 0 Å². The Labute approximate surface area is 161 Å². The van der Waals surface area contributed by atoms with Crippen molar-refractivity contribution < 1.29 is 9.53 Å². The third kappa shape index (κ3) is 5.37. The van der Waals surface area contributed by atoms with Crippen LogP contribution in [-0.2, 0) is 6.42 Å². The smallest absolute Gasteiger partial charge is 0.257 e. The molecule has 1 amide bonds. The Balaban J connectivity index is 1.52. The van der Waals surface area contributed by atoms with E-state index in [0.717, 1.165) is 6.42 Å². The SMILES string of the molecule is O=C(NC(=S)Nc1nccs1)c1cccc(OCCc2ccccc2)c1. The third-order valence-electron chi connectivity index (χ3n) is 3.48. The van der Waals surface area contributed by atoms with Crippen molar-refractivity contribution in [3.05, 3.63) is 77.3 Å². The van der Waals surface area contributed by atoms with Gasteiger partial charge in [-0.25, -0.2) is 4.98 Å². The van der Waals surface area contributed by atoms with Gasteiger partial charge < -0.3 is 10.1 Å². The predicted molar refractivity (Wildman–Crippen MR) is 108 cm³/mol. The average molecular weight is 383 g/mol. The van der Waals surface area contributed by atoms with Crippen LogP contribution in [0.5, 0.6) is 5.75 Å². The maximum absolute atomic E-state index is 12.3. The number of benzene rings is 2. The first-order chi connectivity index (χ1) is 12.7. The maximum Gasteiger partial charge on any atom is 0.257 e. The van der Waals surface area contributed by atoms with E-state index in [2.05, 4.69) is 27.8 Å². The fourth-order valence-corrected chi connectivity index (χ4v) is 3.03. The molecule has 26 heavy (non-hydrogen) atoms. The van der Waals surface area contributed by atoms with Crippen molar-refractivity contribution in [2.45, 2.75) is 6.42 Å². The molecule has 3 aromatic rings. The number of nitrogens with zero attached hydrogens (tertiary/aromatic N) is 1. The quantitative estimate of drug-likeness (QED) is 0.632. The van der Waals surface area contributed by atoms with Gasteiger partial charge in [-0.05, 0) is 36.0 Å². The Morgan fingerprint density at radius 1 is 1.15 bits per heavy atom. The van der Waals surface area contributed by atoms with Gasteiger partial charge in [0.25, 0.3) is 5.91 Å². The van der Waals surface area contributed by atoms with Crippen molar-refractivity contribution in [1.82, 2.24) is 10.3 Å². The van der Waals surface area contributed by atoms with E-state index in [1.807, 2.05) is 29.6 Å². The summed E-state index contributed by atoms with van der Waals surface area (Å²) in [7, 11) is 0. The van der Waals surface area contributed by atoms with E-state index in [4.69, 9.17) is 17.0 Å². The van der Waals surface area contributed by atoms with Crippen molar-refractivity contribution in [3.8, 4) is 5.75 Å². The number of aromatic nitrogens is 1. The number of thiocarbonyl (C=S) groups is 1. The number of amides is 1. The molecule has 5 nitrogen and oxygen atoms in total. The van der Waals surface area contributed by atoms with Gasteiger partial charge in [-0.15, -0.1) is 11.3 Å². The van der Waals surface area contributed by atoms with Gasteiger partial charge in [0.1, 0.15) is 5.75 Å². The second-order valence-corrected chi connectivity index (χ2v) is 6.66. The van der Waals surface area contributed by atoms with E-state index in [1.54, 1.807) is 24.4 Å². The van der Waals surface area contributed by atoms with E-state index in [1.165, 1.54) is 16.9 Å². The lowest BCUT2D eigenvalue weighted by atomic mass is 10.2. The minimum atomic E-state index is -0.299. The molecule has 3 rings (SSSR count). The minimum Gasteiger partial charge on any atom is -0.493 e. The summed E-state index contributed by atoms with van der Waals surface area (Å²) in [6, 6.07) is 17.1. The number of nitrogens with one attached hydrogen (secondary N) is 2. The maximum atomic E-state index is 12.3. The molecular weight excluding hydrogens is 366 g/mol. The summed E-state index contributed by atoms with van der Waals surface area (Å²) < 4.78 is 5.75. The number of hydrogen-bond donors (Lipinski definition) is 2. The molecule has 2 aromatic carbocycles. The molecule has 0 radical (unpaired) electrons. The predicted octanol–water partition coefficient (Wildman–Crippen LogP) is 3.89. The van der Waals surface area contributed by atoms with Gasteiger partial charge in [-0.1, -0.05) is 36.4 Å². The molecule has 0 spiro atoms. The van der Waals surface area contributed by atoms with Gasteiger partial charge in [0.2, 0.25) is 0 Å². The van der Waals surface area contributed by atoms with E-state index >= 15 is 0 Å². The number of thiazole rings is 1. The summed E-state index contributed by atoms with van der Waals surface area (Å²) in [6.45, 7) is 0.541. The highest BCUT2D eigenvalue weighted by atomic mass is 32.1. The second-order valence-electron chi connectivity index (χ2n) is 5.36. The largest absolute Gasteiger partial charge is 0.493 e. The van der Waals surface area contributed by atoms with Gasteiger partial charge in [0.15, 0.2) is 10.2 Å². The molecule has 7 heteroatoms.